The lowest BCUT2D eigenvalue weighted by molar-refractivity contribution is -0.116. The molecule has 4 nitrogen and oxygen atoms in total. The number of allylic oxidation sites excluding steroid dienone is 1. The molecule has 7 atom stereocenters. The van der Waals surface area contributed by atoms with Crippen LogP contribution in [0, 0.1) is 35.0 Å². The minimum atomic E-state index is -0.536. The molecule has 0 heterocycles. The SMILES string of the molecule is CC[C@@H]1CC2=CC(=O)CCC2C2CC[C@@]3(C)C(CC[C@@H]3OC(=O)OC)C21. The van der Waals surface area contributed by atoms with Gasteiger partial charge in [-0.1, -0.05) is 25.8 Å². The van der Waals surface area contributed by atoms with Gasteiger partial charge in [0.05, 0.1) is 7.11 Å². The molecule has 0 bridgehead atoms. The number of carbonyl (C=O) groups is 2. The van der Waals surface area contributed by atoms with Gasteiger partial charge in [-0.15, -0.1) is 0 Å². The van der Waals surface area contributed by atoms with Crippen LogP contribution >= 0.6 is 0 Å². The molecule has 26 heavy (non-hydrogen) atoms. The maximum Gasteiger partial charge on any atom is 0.508 e. The lowest BCUT2D eigenvalue weighted by Gasteiger charge is -2.56. The van der Waals surface area contributed by atoms with Crippen molar-refractivity contribution >= 4 is 11.9 Å². The van der Waals surface area contributed by atoms with Crippen LogP contribution in [0.4, 0.5) is 4.79 Å². The van der Waals surface area contributed by atoms with E-state index < -0.39 is 6.16 Å². The van der Waals surface area contributed by atoms with E-state index in [1.807, 2.05) is 6.08 Å². The quantitative estimate of drug-likeness (QED) is 0.656. The number of hydrogen-bond acceptors (Lipinski definition) is 4. The Morgan fingerprint density at radius 3 is 2.81 bits per heavy atom. The summed E-state index contributed by atoms with van der Waals surface area (Å²) in [6.07, 6.45) is 9.92. The summed E-state index contributed by atoms with van der Waals surface area (Å²) >= 11 is 0. The molecule has 0 aliphatic heterocycles. The monoisotopic (exact) mass is 360 g/mol. The molecule has 0 N–H and O–H groups in total. The van der Waals surface area contributed by atoms with Gasteiger partial charge < -0.3 is 9.47 Å². The first-order chi connectivity index (χ1) is 12.5. The molecule has 0 radical (unpaired) electrons. The topological polar surface area (TPSA) is 52.6 Å². The van der Waals surface area contributed by atoms with E-state index in [1.165, 1.54) is 25.5 Å². The van der Waals surface area contributed by atoms with E-state index in [0.717, 1.165) is 38.5 Å². The van der Waals surface area contributed by atoms with Gasteiger partial charge in [0.2, 0.25) is 0 Å². The molecule has 144 valence electrons. The smallest absolute Gasteiger partial charge is 0.438 e. The van der Waals surface area contributed by atoms with Crippen molar-refractivity contribution in [1.29, 1.82) is 0 Å². The van der Waals surface area contributed by atoms with Crippen molar-refractivity contribution in [3.05, 3.63) is 11.6 Å². The summed E-state index contributed by atoms with van der Waals surface area (Å²) < 4.78 is 10.5. The first kappa shape index (κ1) is 18.1. The molecule has 0 spiro atoms. The fraction of sp³-hybridized carbons (Fsp3) is 0.818. The third-order valence-corrected chi connectivity index (χ3v) is 8.31. The van der Waals surface area contributed by atoms with E-state index in [1.54, 1.807) is 0 Å². The fourth-order valence-corrected chi connectivity index (χ4v) is 7.11. The Hall–Kier alpha value is -1.32. The first-order valence-electron chi connectivity index (χ1n) is 10.5. The maximum absolute atomic E-state index is 11.9. The van der Waals surface area contributed by atoms with Crippen molar-refractivity contribution in [2.75, 3.05) is 7.11 Å². The molecule has 4 unspecified atom stereocenters. The number of hydrogen-bond donors (Lipinski definition) is 0. The van der Waals surface area contributed by atoms with Gasteiger partial charge in [-0.2, -0.15) is 0 Å². The summed E-state index contributed by atoms with van der Waals surface area (Å²) in [5.41, 5.74) is 1.52. The highest BCUT2D eigenvalue weighted by Crippen LogP contribution is 2.64. The second-order valence-electron chi connectivity index (χ2n) is 9.23. The third kappa shape index (κ3) is 2.71. The molecule has 0 amide bonds. The van der Waals surface area contributed by atoms with Crippen LogP contribution in [-0.2, 0) is 14.3 Å². The van der Waals surface area contributed by atoms with Crippen LogP contribution in [0.1, 0.15) is 65.2 Å². The fourth-order valence-electron chi connectivity index (χ4n) is 7.11. The molecule has 4 aliphatic rings. The summed E-state index contributed by atoms with van der Waals surface area (Å²) in [5.74, 6) is 3.65. The molecular formula is C22H32O4. The highest BCUT2D eigenvalue weighted by molar-refractivity contribution is 5.91. The summed E-state index contributed by atoms with van der Waals surface area (Å²) in [4.78, 5) is 23.7. The number of methoxy groups -OCH3 is 1. The minimum absolute atomic E-state index is 0.0109. The molecule has 0 aromatic carbocycles. The van der Waals surface area contributed by atoms with Gasteiger partial charge in [-0.3, -0.25) is 4.79 Å². The molecule has 4 heteroatoms. The zero-order valence-corrected chi connectivity index (χ0v) is 16.3. The van der Waals surface area contributed by atoms with E-state index in [2.05, 4.69) is 13.8 Å². The van der Waals surface area contributed by atoms with Crippen molar-refractivity contribution in [3.63, 3.8) is 0 Å². The van der Waals surface area contributed by atoms with Crippen LogP contribution in [-0.4, -0.2) is 25.2 Å². The largest absolute Gasteiger partial charge is 0.508 e. The van der Waals surface area contributed by atoms with E-state index in [4.69, 9.17) is 9.47 Å². The Kier molecular flexibility index (Phi) is 4.65. The van der Waals surface area contributed by atoms with Gasteiger partial charge in [0, 0.05) is 11.8 Å². The molecule has 3 saturated carbocycles. The molecule has 0 aromatic heterocycles. The molecule has 3 fully saturated rings. The average molecular weight is 360 g/mol. The Morgan fingerprint density at radius 2 is 2.08 bits per heavy atom. The zero-order chi connectivity index (χ0) is 18.5. The Labute approximate surface area is 156 Å². The number of rotatable bonds is 2. The van der Waals surface area contributed by atoms with Gasteiger partial charge in [0.15, 0.2) is 5.78 Å². The standard InChI is InChI=1S/C22H32O4/c1-4-13-11-14-12-15(23)5-6-16(14)17-9-10-22(2)18(20(13)17)7-8-19(22)26-21(24)25-3/h12-13,16-20H,4-11H2,1-3H3/t13-,16?,17?,18?,19+,20?,22+/m1/s1. The normalized spacial score (nSPS) is 44.4. The molecule has 4 aliphatic carbocycles. The van der Waals surface area contributed by atoms with Gasteiger partial charge >= 0.3 is 6.16 Å². The summed E-state index contributed by atoms with van der Waals surface area (Å²) in [5, 5.41) is 0. The van der Waals surface area contributed by atoms with Crippen molar-refractivity contribution in [1.82, 2.24) is 0 Å². The van der Waals surface area contributed by atoms with Gasteiger partial charge in [-0.05, 0) is 74.2 Å². The number of ketones is 1. The zero-order valence-electron chi connectivity index (χ0n) is 16.3. The van der Waals surface area contributed by atoms with Crippen LogP contribution in [0.2, 0.25) is 0 Å². The Morgan fingerprint density at radius 1 is 1.27 bits per heavy atom. The predicted octanol–water partition coefficient (Wildman–Crippen LogP) is 4.92. The van der Waals surface area contributed by atoms with Crippen LogP contribution in [0.3, 0.4) is 0 Å². The predicted molar refractivity (Wildman–Crippen MR) is 98.5 cm³/mol. The van der Waals surface area contributed by atoms with Crippen molar-refractivity contribution < 1.29 is 19.1 Å². The van der Waals surface area contributed by atoms with E-state index in [9.17, 15) is 9.59 Å². The van der Waals surface area contributed by atoms with Gasteiger partial charge in [0.1, 0.15) is 6.10 Å². The molecule has 4 rings (SSSR count). The van der Waals surface area contributed by atoms with E-state index in [0.29, 0.717) is 35.4 Å². The maximum atomic E-state index is 11.9. The van der Waals surface area contributed by atoms with E-state index in [-0.39, 0.29) is 11.5 Å². The molecule has 0 aromatic rings. The van der Waals surface area contributed by atoms with Gasteiger partial charge in [-0.25, -0.2) is 4.79 Å². The van der Waals surface area contributed by atoms with Crippen LogP contribution in [0.15, 0.2) is 11.6 Å². The van der Waals surface area contributed by atoms with E-state index >= 15 is 0 Å². The second-order valence-corrected chi connectivity index (χ2v) is 9.23. The van der Waals surface area contributed by atoms with Gasteiger partial charge in [0.25, 0.3) is 0 Å². The highest BCUT2D eigenvalue weighted by Gasteiger charge is 2.59. The van der Waals surface area contributed by atoms with Crippen molar-refractivity contribution in [2.24, 2.45) is 35.0 Å². The number of ether oxygens (including phenoxy) is 2. The number of fused-ring (bicyclic) bond motifs is 5. The summed E-state index contributed by atoms with van der Waals surface area (Å²) in [7, 11) is 1.39. The van der Waals surface area contributed by atoms with Crippen LogP contribution < -0.4 is 0 Å². The summed E-state index contributed by atoms with van der Waals surface area (Å²) in [6, 6.07) is 0. The molecule has 0 saturated heterocycles. The second kappa shape index (κ2) is 6.69. The first-order valence-corrected chi connectivity index (χ1v) is 10.5. The highest BCUT2D eigenvalue weighted by atomic mass is 16.7. The number of carbonyl (C=O) groups excluding carboxylic acids is 2. The Balaban J connectivity index is 1.62. The minimum Gasteiger partial charge on any atom is -0.438 e. The van der Waals surface area contributed by atoms with Crippen LogP contribution in [0.5, 0.6) is 0 Å². The van der Waals surface area contributed by atoms with Crippen molar-refractivity contribution in [3.8, 4) is 0 Å². The van der Waals surface area contributed by atoms with Crippen LogP contribution in [0.25, 0.3) is 0 Å². The summed E-state index contributed by atoms with van der Waals surface area (Å²) in [6.45, 7) is 4.65. The lowest BCUT2D eigenvalue weighted by Crippen LogP contribution is -2.51. The lowest BCUT2D eigenvalue weighted by atomic mass is 9.49. The molecular weight excluding hydrogens is 328 g/mol. The average Bonchev–Trinajstić information content (AvgIpc) is 2.96. The Bertz CT molecular complexity index is 624. The third-order valence-electron chi connectivity index (χ3n) is 8.31. The van der Waals surface area contributed by atoms with Crippen molar-refractivity contribution in [2.45, 2.75) is 71.3 Å².